The minimum Gasteiger partial charge on any atom is -0.396 e. The quantitative estimate of drug-likeness (QED) is 0.369. The minimum atomic E-state index is -1.16. The van der Waals surface area contributed by atoms with Gasteiger partial charge in [-0.3, -0.25) is 14.4 Å². The van der Waals surface area contributed by atoms with Gasteiger partial charge in [0.05, 0.1) is 17.9 Å². The lowest BCUT2D eigenvalue weighted by Crippen LogP contribution is -2.57. The Hall–Kier alpha value is -2.97. The molecule has 3 fully saturated rings. The monoisotopic (exact) mass is 561 g/mol. The summed E-state index contributed by atoms with van der Waals surface area (Å²) in [6, 6.07) is 9.31. The normalized spacial score (nSPS) is 31.7. The molecule has 41 heavy (non-hydrogen) atoms. The first-order valence-electron chi connectivity index (χ1n) is 15.6. The van der Waals surface area contributed by atoms with Crippen molar-refractivity contribution in [1.29, 1.82) is 0 Å². The zero-order valence-electron chi connectivity index (χ0n) is 23.9. The fourth-order valence-electron chi connectivity index (χ4n) is 7.86. The number of ether oxygens (including phenoxy) is 1. The smallest absolute Gasteiger partial charge is 0.249 e. The van der Waals surface area contributed by atoms with Gasteiger partial charge in [0, 0.05) is 38.8 Å². The third-order valence-electron chi connectivity index (χ3n) is 9.81. The maximum atomic E-state index is 14.5. The van der Waals surface area contributed by atoms with Crippen molar-refractivity contribution in [3.63, 3.8) is 0 Å². The number of aliphatic hydroxyl groups excluding tert-OH is 1. The molecule has 1 aliphatic carbocycles. The highest BCUT2D eigenvalue weighted by Gasteiger charge is 2.71. The van der Waals surface area contributed by atoms with Crippen LogP contribution in [0.2, 0.25) is 0 Å². The van der Waals surface area contributed by atoms with E-state index in [1.165, 1.54) is 6.42 Å². The number of likely N-dealkylation sites (tertiary alicyclic amines) is 1. The number of nitrogens with zero attached hydrogens (tertiary/aromatic N) is 3. The van der Waals surface area contributed by atoms with Crippen molar-refractivity contribution in [1.82, 2.24) is 14.7 Å². The van der Waals surface area contributed by atoms with Crippen LogP contribution in [0.25, 0.3) is 0 Å². The van der Waals surface area contributed by atoms with Gasteiger partial charge in [-0.1, -0.05) is 86.7 Å². The average Bonchev–Trinajstić information content (AvgIpc) is 3.30. The molecule has 1 unspecified atom stereocenters. The number of carbonyl (C=O) groups excluding carboxylic acids is 3. The summed E-state index contributed by atoms with van der Waals surface area (Å²) in [5.74, 6) is -1.68. The molecule has 5 atom stereocenters. The summed E-state index contributed by atoms with van der Waals surface area (Å²) in [7, 11) is 0. The average molecular weight is 562 g/mol. The first-order valence-corrected chi connectivity index (χ1v) is 15.6. The molecule has 0 bridgehead atoms. The van der Waals surface area contributed by atoms with Gasteiger partial charge in [0.1, 0.15) is 11.6 Å². The summed E-state index contributed by atoms with van der Waals surface area (Å²) in [4.78, 5) is 48.6. The van der Waals surface area contributed by atoms with Crippen LogP contribution in [0.4, 0.5) is 0 Å². The summed E-state index contributed by atoms with van der Waals surface area (Å²) >= 11 is 0. The molecule has 1 spiro atoms. The third kappa shape index (κ3) is 5.14. The SMILES string of the molecule is O=C1[C@@H]2[C@H]3C(=O)N(CCCCCCO)C4C(=O)N(C5CCCCC5)CC=C[C@@]43O[C@@H]2C=CCN1Cc1ccccc1. The van der Waals surface area contributed by atoms with Gasteiger partial charge in [-0.25, -0.2) is 0 Å². The minimum absolute atomic E-state index is 0.0397. The predicted octanol–water partition coefficient (Wildman–Crippen LogP) is 3.45. The first-order chi connectivity index (χ1) is 20.0. The lowest BCUT2D eigenvalue weighted by atomic mass is 9.77. The molecule has 0 radical (unpaired) electrons. The number of hydrogen-bond acceptors (Lipinski definition) is 5. The Labute approximate surface area is 243 Å². The molecule has 1 saturated carbocycles. The number of rotatable bonds is 9. The topological polar surface area (TPSA) is 90.4 Å². The van der Waals surface area contributed by atoms with Crippen molar-refractivity contribution in [2.75, 3.05) is 26.2 Å². The number of benzene rings is 1. The molecule has 8 heteroatoms. The van der Waals surface area contributed by atoms with Gasteiger partial charge in [0.2, 0.25) is 17.7 Å². The molecule has 220 valence electrons. The summed E-state index contributed by atoms with van der Waals surface area (Å²) in [5, 5.41) is 9.19. The molecule has 6 rings (SSSR count). The summed E-state index contributed by atoms with van der Waals surface area (Å²) < 4.78 is 6.80. The molecule has 8 nitrogen and oxygen atoms in total. The van der Waals surface area contributed by atoms with E-state index in [1.54, 1.807) is 4.90 Å². The van der Waals surface area contributed by atoms with E-state index in [-0.39, 0.29) is 30.4 Å². The number of unbranched alkanes of at least 4 members (excludes halogenated alkanes) is 3. The molecule has 1 N–H and O–H groups in total. The van der Waals surface area contributed by atoms with Crippen LogP contribution in [0.3, 0.4) is 0 Å². The highest BCUT2D eigenvalue weighted by Crippen LogP contribution is 2.53. The van der Waals surface area contributed by atoms with Gasteiger partial charge in [0.15, 0.2) is 0 Å². The second-order valence-electron chi connectivity index (χ2n) is 12.3. The highest BCUT2D eigenvalue weighted by atomic mass is 16.5. The summed E-state index contributed by atoms with van der Waals surface area (Å²) in [6.45, 7) is 2.03. The predicted molar refractivity (Wildman–Crippen MR) is 154 cm³/mol. The standard InChI is InChI=1S/C33H43N3O5/c37-22-10-2-1-9-20-36-29-32(40)35(25-15-7-4-8-16-25)21-12-18-33(29)28(31(36)39)27-26(41-33)17-11-19-34(30(27)38)23-24-13-5-3-6-14-24/h3,5-6,11-14,17-18,25-29,37H,1-2,4,7-10,15-16,19-23H2/t26-,27+,28+,29?,33+/m1/s1. The van der Waals surface area contributed by atoms with Crippen molar-refractivity contribution < 1.29 is 24.2 Å². The van der Waals surface area contributed by atoms with Crippen LogP contribution in [0.15, 0.2) is 54.6 Å². The maximum absolute atomic E-state index is 14.5. The maximum Gasteiger partial charge on any atom is 0.249 e. The van der Waals surface area contributed by atoms with Crippen LogP contribution >= 0.6 is 0 Å². The van der Waals surface area contributed by atoms with Crippen molar-refractivity contribution in [2.24, 2.45) is 11.8 Å². The van der Waals surface area contributed by atoms with Gasteiger partial charge in [-0.15, -0.1) is 0 Å². The molecule has 0 aromatic heterocycles. The van der Waals surface area contributed by atoms with E-state index in [2.05, 4.69) is 0 Å². The Morgan fingerprint density at radius 2 is 1.66 bits per heavy atom. The van der Waals surface area contributed by atoms with E-state index in [0.717, 1.165) is 56.9 Å². The van der Waals surface area contributed by atoms with E-state index >= 15 is 0 Å². The van der Waals surface area contributed by atoms with Crippen LogP contribution in [-0.2, 0) is 25.7 Å². The van der Waals surface area contributed by atoms with Crippen LogP contribution in [0, 0.1) is 11.8 Å². The first kappa shape index (κ1) is 28.2. The molecule has 1 aromatic carbocycles. The number of hydrogen-bond donors (Lipinski definition) is 1. The highest BCUT2D eigenvalue weighted by molar-refractivity contribution is 5.99. The van der Waals surface area contributed by atoms with Crippen LogP contribution in [0.5, 0.6) is 0 Å². The molecule has 5 aliphatic rings. The Morgan fingerprint density at radius 3 is 2.44 bits per heavy atom. The number of aliphatic hydroxyl groups is 1. The third-order valence-corrected chi connectivity index (χ3v) is 9.81. The van der Waals surface area contributed by atoms with Crippen LogP contribution in [-0.4, -0.2) is 87.6 Å². The summed E-state index contributed by atoms with van der Waals surface area (Å²) in [6.07, 6.45) is 15.9. The second-order valence-corrected chi connectivity index (χ2v) is 12.3. The van der Waals surface area contributed by atoms with E-state index < -0.39 is 29.6 Å². The summed E-state index contributed by atoms with van der Waals surface area (Å²) in [5.41, 5.74) is -0.123. The Bertz CT molecular complexity index is 1180. The molecular weight excluding hydrogens is 518 g/mol. The van der Waals surface area contributed by atoms with Gasteiger partial charge >= 0.3 is 0 Å². The number of amides is 3. The van der Waals surface area contributed by atoms with Crippen molar-refractivity contribution in [3.8, 4) is 0 Å². The number of fused-ring (bicyclic) bond motifs is 2. The molecule has 2 saturated heterocycles. The van der Waals surface area contributed by atoms with Gasteiger partial charge in [0.25, 0.3) is 0 Å². The number of carbonyl (C=O) groups is 3. The largest absolute Gasteiger partial charge is 0.396 e. The van der Waals surface area contributed by atoms with Crippen molar-refractivity contribution in [3.05, 3.63) is 60.2 Å². The van der Waals surface area contributed by atoms with E-state index in [4.69, 9.17) is 4.74 Å². The van der Waals surface area contributed by atoms with Crippen molar-refractivity contribution >= 4 is 17.7 Å². The van der Waals surface area contributed by atoms with Gasteiger partial charge in [-0.05, 0) is 31.2 Å². The molecular formula is C33H43N3O5. The van der Waals surface area contributed by atoms with Crippen LogP contribution < -0.4 is 0 Å². The zero-order chi connectivity index (χ0) is 28.4. The Kier molecular flexibility index (Phi) is 8.31. The van der Waals surface area contributed by atoms with Gasteiger partial charge in [-0.2, -0.15) is 0 Å². The molecule has 4 heterocycles. The van der Waals surface area contributed by atoms with Crippen LogP contribution in [0.1, 0.15) is 63.4 Å². The molecule has 1 aromatic rings. The van der Waals surface area contributed by atoms with E-state index in [9.17, 15) is 19.5 Å². The lowest BCUT2D eigenvalue weighted by molar-refractivity contribution is -0.150. The molecule has 3 amide bonds. The molecule has 4 aliphatic heterocycles. The fraction of sp³-hybridized carbons (Fsp3) is 0.606. The Morgan fingerprint density at radius 1 is 0.878 bits per heavy atom. The second kappa shape index (κ2) is 12.1. The fourth-order valence-corrected chi connectivity index (χ4v) is 7.86. The van der Waals surface area contributed by atoms with E-state index in [1.807, 2.05) is 64.4 Å². The zero-order valence-corrected chi connectivity index (χ0v) is 23.9. The van der Waals surface area contributed by atoms with Gasteiger partial charge < -0.3 is 24.5 Å². The Balaban J connectivity index is 1.33. The lowest BCUT2D eigenvalue weighted by Gasteiger charge is -2.39. The van der Waals surface area contributed by atoms with E-state index in [0.29, 0.717) is 26.2 Å². The van der Waals surface area contributed by atoms with Crippen molar-refractivity contribution in [2.45, 2.75) is 88.1 Å².